The van der Waals surface area contributed by atoms with Gasteiger partial charge >= 0.3 is 5.97 Å². The molecule has 0 aliphatic carbocycles. The maximum Gasteiger partial charge on any atom is 0.337 e. The van der Waals surface area contributed by atoms with Gasteiger partial charge in [-0.15, -0.1) is 0 Å². The van der Waals surface area contributed by atoms with E-state index in [-0.39, 0.29) is 38.9 Å². The minimum Gasteiger partial charge on any atom is -0.489 e. The molecule has 32 heavy (non-hydrogen) atoms. The highest BCUT2D eigenvalue weighted by atomic mass is 16.6. The first-order chi connectivity index (χ1) is 15.7. The number of esters is 1. The highest BCUT2D eigenvalue weighted by Crippen LogP contribution is 2.29. The van der Waals surface area contributed by atoms with E-state index in [4.69, 9.17) is 19.3 Å². The standard InChI is InChI=1S/C25H25NO6/c27-15-16-31-23-14-8-7-13-22(23)26(17-20-9-3-1-4-10-20)24(28)18-30-19-25(29)32-21-11-5-2-6-12-21/h1-14,27H,15-19H2. The Labute approximate surface area is 186 Å². The van der Waals surface area contributed by atoms with E-state index in [0.717, 1.165) is 5.56 Å². The normalized spacial score (nSPS) is 10.4. The monoisotopic (exact) mass is 435 g/mol. The average molecular weight is 435 g/mol. The Morgan fingerprint density at radius 1 is 0.812 bits per heavy atom. The fourth-order valence-corrected chi connectivity index (χ4v) is 2.98. The van der Waals surface area contributed by atoms with Crippen molar-refractivity contribution in [3.05, 3.63) is 90.5 Å². The van der Waals surface area contributed by atoms with Gasteiger partial charge in [-0.2, -0.15) is 0 Å². The van der Waals surface area contributed by atoms with E-state index in [0.29, 0.717) is 17.2 Å². The molecule has 0 aliphatic heterocycles. The minimum absolute atomic E-state index is 0.103. The van der Waals surface area contributed by atoms with Crippen LogP contribution in [0.3, 0.4) is 0 Å². The van der Waals surface area contributed by atoms with Crippen molar-refractivity contribution in [1.29, 1.82) is 0 Å². The highest BCUT2D eigenvalue weighted by Gasteiger charge is 2.21. The fraction of sp³-hybridized carbons (Fsp3) is 0.200. The molecule has 0 spiro atoms. The fourth-order valence-electron chi connectivity index (χ4n) is 2.98. The molecule has 3 aromatic rings. The van der Waals surface area contributed by atoms with Gasteiger partial charge in [0, 0.05) is 0 Å². The van der Waals surface area contributed by atoms with Gasteiger partial charge in [0.25, 0.3) is 5.91 Å². The van der Waals surface area contributed by atoms with Crippen molar-refractivity contribution >= 4 is 17.6 Å². The van der Waals surface area contributed by atoms with Crippen LogP contribution in [0.2, 0.25) is 0 Å². The van der Waals surface area contributed by atoms with Gasteiger partial charge in [-0.25, -0.2) is 4.79 Å². The van der Waals surface area contributed by atoms with Crippen LogP contribution in [0.15, 0.2) is 84.9 Å². The van der Waals surface area contributed by atoms with Gasteiger partial charge in [-0.05, 0) is 29.8 Å². The molecule has 7 nitrogen and oxygen atoms in total. The number of aliphatic hydroxyl groups is 1. The second-order valence-electron chi connectivity index (χ2n) is 6.79. The van der Waals surface area contributed by atoms with Crippen molar-refractivity contribution in [2.75, 3.05) is 31.3 Å². The predicted molar refractivity (Wildman–Crippen MR) is 120 cm³/mol. The lowest BCUT2D eigenvalue weighted by molar-refractivity contribution is -0.140. The summed E-state index contributed by atoms with van der Waals surface area (Å²) in [5.74, 6) is -0.0610. The number of carbonyl (C=O) groups excluding carboxylic acids is 2. The van der Waals surface area contributed by atoms with Gasteiger partial charge in [-0.3, -0.25) is 4.79 Å². The summed E-state index contributed by atoms with van der Waals surface area (Å²) in [5.41, 5.74) is 1.46. The number of hydrogen-bond acceptors (Lipinski definition) is 6. The van der Waals surface area contributed by atoms with Crippen molar-refractivity contribution < 1.29 is 28.9 Å². The summed E-state index contributed by atoms with van der Waals surface area (Å²) in [6.07, 6.45) is 0. The summed E-state index contributed by atoms with van der Waals surface area (Å²) in [4.78, 5) is 26.6. The van der Waals surface area contributed by atoms with E-state index in [2.05, 4.69) is 0 Å². The molecule has 0 radical (unpaired) electrons. The second-order valence-corrected chi connectivity index (χ2v) is 6.79. The van der Waals surface area contributed by atoms with Crippen LogP contribution in [0.1, 0.15) is 5.56 Å². The molecule has 3 aromatic carbocycles. The van der Waals surface area contributed by atoms with Gasteiger partial charge in [0.2, 0.25) is 0 Å². The first-order valence-corrected chi connectivity index (χ1v) is 10.2. The lowest BCUT2D eigenvalue weighted by atomic mass is 10.2. The Hall–Kier alpha value is -3.68. The molecule has 166 valence electrons. The first kappa shape index (κ1) is 23.0. The molecule has 0 saturated heterocycles. The van der Waals surface area contributed by atoms with E-state index in [1.807, 2.05) is 36.4 Å². The molecule has 0 heterocycles. The molecule has 7 heteroatoms. The third kappa shape index (κ3) is 6.94. The Kier molecular flexibility index (Phi) is 8.80. The van der Waals surface area contributed by atoms with Gasteiger partial charge in [-0.1, -0.05) is 60.7 Å². The summed E-state index contributed by atoms with van der Waals surface area (Å²) in [6, 6.07) is 25.2. The lowest BCUT2D eigenvalue weighted by Crippen LogP contribution is -2.34. The van der Waals surface area contributed by atoms with Crippen LogP contribution in [0.4, 0.5) is 5.69 Å². The van der Waals surface area contributed by atoms with Gasteiger partial charge in [0.05, 0.1) is 18.8 Å². The zero-order valence-electron chi connectivity index (χ0n) is 17.6. The third-order valence-electron chi connectivity index (χ3n) is 4.41. The molecular formula is C25H25NO6. The number of amides is 1. The van der Waals surface area contributed by atoms with Crippen molar-refractivity contribution in [3.8, 4) is 11.5 Å². The highest BCUT2D eigenvalue weighted by molar-refractivity contribution is 5.95. The van der Waals surface area contributed by atoms with E-state index in [9.17, 15) is 9.59 Å². The largest absolute Gasteiger partial charge is 0.489 e. The molecule has 0 saturated carbocycles. The number of nitrogens with zero attached hydrogens (tertiary/aromatic N) is 1. The van der Waals surface area contributed by atoms with Gasteiger partial charge in [0.15, 0.2) is 0 Å². The number of benzene rings is 3. The van der Waals surface area contributed by atoms with Crippen LogP contribution in [0.5, 0.6) is 11.5 Å². The summed E-state index contributed by atoms with van der Waals surface area (Å²) in [6.45, 7) is -0.426. The van der Waals surface area contributed by atoms with Crippen LogP contribution < -0.4 is 14.4 Å². The predicted octanol–water partition coefficient (Wildman–Crippen LogP) is 3.21. The van der Waals surface area contributed by atoms with Crippen LogP contribution in [-0.2, 0) is 20.9 Å². The number of para-hydroxylation sites is 3. The molecule has 0 fully saturated rings. The van der Waals surface area contributed by atoms with Crippen LogP contribution in [-0.4, -0.2) is 43.4 Å². The molecule has 0 bridgehead atoms. The van der Waals surface area contributed by atoms with Crippen LogP contribution in [0, 0.1) is 0 Å². The number of rotatable bonds is 11. The van der Waals surface area contributed by atoms with Crippen LogP contribution in [0.25, 0.3) is 0 Å². The van der Waals surface area contributed by atoms with Crippen molar-refractivity contribution in [3.63, 3.8) is 0 Å². The first-order valence-electron chi connectivity index (χ1n) is 10.2. The molecule has 0 unspecified atom stereocenters. The number of ether oxygens (including phenoxy) is 3. The Balaban J connectivity index is 1.68. The summed E-state index contributed by atoms with van der Waals surface area (Å²) < 4.78 is 16.1. The Morgan fingerprint density at radius 3 is 2.19 bits per heavy atom. The summed E-state index contributed by atoms with van der Waals surface area (Å²) in [5, 5.41) is 9.11. The van der Waals surface area contributed by atoms with Gasteiger partial charge in [0.1, 0.15) is 31.3 Å². The zero-order chi connectivity index (χ0) is 22.6. The quantitative estimate of drug-likeness (QED) is 0.368. The molecule has 3 rings (SSSR count). The Bertz CT molecular complexity index is 994. The SMILES string of the molecule is O=C(COCC(=O)N(Cc1ccccc1)c1ccccc1OCCO)Oc1ccccc1. The lowest BCUT2D eigenvalue weighted by Gasteiger charge is -2.25. The van der Waals surface area contributed by atoms with Gasteiger partial charge < -0.3 is 24.2 Å². The molecule has 1 amide bonds. The van der Waals surface area contributed by atoms with Crippen LogP contribution >= 0.6 is 0 Å². The maximum atomic E-state index is 13.1. The van der Waals surface area contributed by atoms with E-state index in [1.165, 1.54) is 4.90 Å². The smallest absolute Gasteiger partial charge is 0.337 e. The molecule has 1 N–H and O–H groups in total. The van der Waals surface area contributed by atoms with Crippen molar-refractivity contribution in [1.82, 2.24) is 0 Å². The van der Waals surface area contributed by atoms with E-state index < -0.39 is 5.97 Å². The summed E-state index contributed by atoms with van der Waals surface area (Å²) >= 11 is 0. The van der Waals surface area contributed by atoms with E-state index >= 15 is 0 Å². The zero-order valence-corrected chi connectivity index (χ0v) is 17.6. The molecule has 0 aromatic heterocycles. The van der Waals surface area contributed by atoms with E-state index in [1.54, 1.807) is 48.5 Å². The number of hydrogen-bond donors (Lipinski definition) is 1. The van der Waals surface area contributed by atoms with Crippen molar-refractivity contribution in [2.24, 2.45) is 0 Å². The molecule has 0 atom stereocenters. The number of aliphatic hydroxyl groups excluding tert-OH is 1. The van der Waals surface area contributed by atoms with Crippen molar-refractivity contribution in [2.45, 2.75) is 6.54 Å². The second kappa shape index (κ2) is 12.2. The third-order valence-corrected chi connectivity index (χ3v) is 4.41. The molecular weight excluding hydrogens is 410 g/mol. The average Bonchev–Trinajstić information content (AvgIpc) is 2.82. The summed E-state index contributed by atoms with van der Waals surface area (Å²) in [7, 11) is 0. The number of anilines is 1. The number of carbonyl (C=O) groups is 2. The topological polar surface area (TPSA) is 85.3 Å². The Morgan fingerprint density at radius 2 is 1.47 bits per heavy atom. The minimum atomic E-state index is -0.592. The molecule has 0 aliphatic rings. The maximum absolute atomic E-state index is 13.1.